The fraction of sp³-hybridized carbons (Fsp3) is 0.300. The van der Waals surface area contributed by atoms with Gasteiger partial charge in [-0.1, -0.05) is 0 Å². The second-order valence-electron chi connectivity index (χ2n) is 3.05. The molecular weight excluding hydrogens is 200 g/mol. The number of rotatable bonds is 4. The van der Waals surface area contributed by atoms with Crippen molar-refractivity contribution in [2.24, 2.45) is 0 Å². The van der Waals surface area contributed by atoms with Gasteiger partial charge in [0.2, 0.25) is 0 Å². The lowest BCUT2D eigenvalue weighted by Crippen LogP contribution is -1.98. The first-order chi connectivity index (χ1) is 7.04. The zero-order valence-corrected chi connectivity index (χ0v) is 8.23. The van der Waals surface area contributed by atoms with Crippen molar-refractivity contribution in [3.63, 3.8) is 0 Å². The molecule has 3 N–H and O–H groups in total. The third-order valence-electron chi connectivity index (χ3n) is 1.99. The molecule has 1 aromatic carbocycles. The third kappa shape index (κ3) is 2.77. The number of carboxylic acids is 1. The Kier molecular flexibility index (Phi) is 3.38. The van der Waals surface area contributed by atoms with Crippen LogP contribution in [-0.2, 0) is 11.2 Å². The van der Waals surface area contributed by atoms with Gasteiger partial charge < -0.3 is 20.1 Å². The van der Waals surface area contributed by atoms with Gasteiger partial charge in [-0.3, -0.25) is 4.79 Å². The van der Waals surface area contributed by atoms with E-state index in [0.29, 0.717) is 5.56 Å². The summed E-state index contributed by atoms with van der Waals surface area (Å²) in [6.45, 7) is 0. The summed E-state index contributed by atoms with van der Waals surface area (Å²) in [6, 6.07) is 2.56. The van der Waals surface area contributed by atoms with Crippen molar-refractivity contribution in [1.29, 1.82) is 0 Å². The highest BCUT2D eigenvalue weighted by molar-refractivity contribution is 5.67. The van der Waals surface area contributed by atoms with Crippen molar-refractivity contribution in [2.75, 3.05) is 7.11 Å². The predicted molar refractivity (Wildman–Crippen MR) is 52.3 cm³/mol. The van der Waals surface area contributed by atoms with Crippen LogP contribution in [0.4, 0.5) is 0 Å². The van der Waals surface area contributed by atoms with E-state index in [4.69, 9.17) is 9.84 Å². The summed E-state index contributed by atoms with van der Waals surface area (Å²) >= 11 is 0. The molecule has 0 aromatic heterocycles. The largest absolute Gasteiger partial charge is 0.508 e. The number of aromatic hydroxyl groups is 2. The molecule has 1 aromatic rings. The van der Waals surface area contributed by atoms with E-state index >= 15 is 0 Å². The normalized spacial score (nSPS) is 9.93. The minimum absolute atomic E-state index is 0.0819. The molecule has 15 heavy (non-hydrogen) atoms. The smallest absolute Gasteiger partial charge is 0.303 e. The molecule has 0 unspecified atom stereocenters. The summed E-state index contributed by atoms with van der Waals surface area (Å²) < 4.78 is 4.84. The van der Waals surface area contributed by atoms with E-state index in [9.17, 15) is 15.0 Å². The number of aryl methyl sites for hydroxylation is 1. The lowest BCUT2D eigenvalue weighted by molar-refractivity contribution is -0.136. The van der Waals surface area contributed by atoms with Gasteiger partial charge >= 0.3 is 5.97 Å². The molecule has 82 valence electrons. The summed E-state index contributed by atoms with van der Waals surface area (Å²) in [5.74, 6) is -1.03. The second kappa shape index (κ2) is 4.54. The summed E-state index contributed by atoms with van der Waals surface area (Å²) in [5.41, 5.74) is 0.437. The van der Waals surface area contributed by atoms with Gasteiger partial charge in [-0.05, 0) is 18.1 Å². The topological polar surface area (TPSA) is 87.0 Å². The van der Waals surface area contributed by atoms with E-state index in [0.717, 1.165) is 6.07 Å². The molecule has 0 spiro atoms. The predicted octanol–water partition coefficient (Wildman–Crippen LogP) is 1.12. The molecule has 0 aliphatic rings. The SMILES string of the molecule is COc1cc(CCC(=O)O)c(O)cc1O. The van der Waals surface area contributed by atoms with Gasteiger partial charge in [0, 0.05) is 12.5 Å². The second-order valence-corrected chi connectivity index (χ2v) is 3.05. The standard InChI is InChI=1S/C10H12O5/c1-15-9-4-6(2-3-10(13)14)7(11)5-8(9)12/h4-5,11-12H,2-3H2,1H3,(H,13,14). The van der Waals surface area contributed by atoms with E-state index in [1.165, 1.54) is 13.2 Å². The van der Waals surface area contributed by atoms with Crippen LogP contribution in [0.3, 0.4) is 0 Å². The number of methoxy groups -OCH3 is 1. The van der Waals surface area contributed by atoms with Gasteiger partial charge in [0.25, 0.3) is 0 Å². The fourth-order valence-electron chi connectivity index (χ4n) is 1.20. The average Bonchev–Trinajstić information content (AvgIpc) is 2.16. The van der Waals surface area contributed by atoms with Crippen LogP contribution < -0.4 is 4.74 Å². The molecule has 0 saturated carbocycles. The molecule has 0 fully saturated rings. The zero-order valence-electron chi connectivity index (χ0n) is 8.23. The highest BCUT2D eigenvalue weighted by Crippen LogP contribution is 2.33. The van der Waals surface area contributed by atoms with E-state index in [1.807, 2.05) is 0 Å². The molecule has 0 amide bonds. The van der Waals surface area contributed by atoms with Crippen molar-refractivity contribution in [2.45, 2.75) is 12.8 Å². The molecule has 5 nitrogen and oxygen atoms in total. The number of phenolic OH excluding ortho intramolecular Hbond substituents is 2. The number of carbonyl (C=O) groups is 1. The van der Waals surface area contributed by atoms with Crippen molar-refractivity contribution in [3.8, 4) is 17.2 Å². The summed E-state index contributed by atoms with van der Waals surface area (Å²) in [5, 5.41) is 27.2. The lowest BCUT2D eigenvalue weighted by atomic mass is 10.1. The molecule has 5 heteroatoms. The van der Waals surface area contributed by atoms with Crippen molar-refractivity contribution >= 4 is 5.97 Å². The van der Waals surface area contributed by atoms with Gasteiger partial charge in [-0.25, -0.2) is 0 Å². The Hall–Kier alpha value is -1.91. The number of benzene rings is 1. The van der Waals surface area contributed by atoms with E-state index in [2.05, 4.69) is 0 Å². The maximum absolute atomic E-state index is 10.3. The monoisotopic (exact) mass is 212 g/mol. The Labute approximate surface area is 86.5 Å². The van der Waals surface area contributed by atoms with E-state index in [1.54, 1.807) is 0 Å². The quantitative estimate of drug-likeness (QED) is 0.696. The van der Waals surface area contributed by atoms with Crippen LogP contribution in [0.25, 0.3) is 0 Å². The van der Waals surface area contributed by atoms with Gasteiger partial charge in [0.15, 0.2) is 11.5 Å². The fourth-order valence-corrected chi connectivity index (χ4v) is 1.20. The van der Waals surface area contributed by atoms with Gasteiger partial charge in [-0.15, -0.1) is 0 Å². The maximum atomic E-state index is 10.3. The molecular formula is C10H12O5. The minimum atomic E-state index is -0.943. The number of hydrogen-bond donors (Lipinski definition) is 3. The lowest BCUT2D eigenvalue weighted by Gasteiger charge is -2.08. The van der Waals surface area contributed by atoms with Crippen molar-refractivity contribution in [1.82, 2.24) is 0 Å². The van der Waals surface area contributed by atoms with E-state index < -0.39 is 5.97 Å². The van der Waals surface area contributed by atoms with Gasteiger partial charge in [0.1, 0.15) is 5.75 Å². The van der Waals surface area contributed by atoms with E-state index in [-0.39, 0.29) is 30.1 Å². The van der Waals surface area contributed by atoms with Crippen LogP contribution in [0, 0.1) is 0 Å². The van der Waals surface area contributed by atoms with Crippen LogP contribution in [0.5, 0.6) is 17.2 Å². The molecule has 0 bridgehead atoms. The van der Waals surface area contributed by atoms with Crippen LogP contribution in [0.1, 0.15) is 12.0 Å². The Morgan fingerprint density at radius 3 is 2.53 bits per heavy atom. The summed E-state index contributed by atoms with van der Waals surface area (Å²) in [7, 11) is 1.38. The summed E-state index contributed by atoms with van der Waals surface area (Å²) in [6.07, 6.45) is 0.110. The van der Waals surface area contributed by atoms with Crippen LogP contribution in [0.2, 0.25) is 0 Å². The first-order valence-corrected chi connectivity index (χ1v) is 4.35. The molecule has 1 rings (SSSR count). The van der Waals surface area contributed by atoms with Crippen molar-refractivity contribution in [3.05, 3.63) is 17.7 Å². The van der Waals surface area contributed by atoms with Gasteiger partial charge in [0.05, 0.1) is 7.11 Å². The Balaban J connectivity index is 2.92. The third-order valence-corrected chi connectivity index (χ3v) is 1.99. The maximum Gasteiger partial charge on any atom is 0.303 e. The van der Waals surface area contributed by atoms with Crippen LogP contribution in [-0.4, -0.2) is 28.4 Å². The van der Waals surface area contributed by atoms with Crippen LogP contribution in [0.15, 0.2) is 12.1 Å². The Bertz CT molecular complexity index is 372. The first kappa shape index (κ1) is 11.2. The number of hydrogen-bond acceptors (Lipinski definition) is 4. The zero-order chi connectivity index (χ0) is 11.4. The Morgan fingerprint density at radius 2 is 2.00 bits per heavy atom. The highest BCUT2D eigenvalue weighted by Gasteiger charge is 2.10. The number of ether oxygens (including phenoxy) is 1. The molecule has 0 saturated heterocycles. The first-order valence-electron chi connectivity index (χ1n) is 4.35. The molecule has 0 heterocycles. The highest BCUT2D eigenvalue weighted by atomic mass is 16.5. The minimum Gasteiger partial charge on any atom is -0.508 e. The average molecular weight is 212 g/mol. The van der Waals surface area contributed by atoms with Crippen molar-refractivity contribution < 1.29 is 24.9 Å². The van der Waals surface area contributed by atoms with Crippen LogP contribution >= 0.6 is 0 Å². The number of carboxylic acid groups (broad SMARTS) is 1. The number of aliphatic carboxylic acids is 1. The molecule has 0 atom stereocenters. The molecule has 0 aliphatic carbocycles. The number of phenols is 2. The molecule has 0 radical (unpaired) electrons. The summed E-state index contributed by atoms with van der Waals surface area (Å²) in [4.78, 5) is 10.3. The van der Waals surface area contributed by atoms with Gasteiger partial charge in [-0.2, -0.15) is 0 Å². The Morgan fingerprint density at radius 1 is 1.33 bits per heavy atom. The molecule has 0 aliphatic heterocycles.